The second kappa shape index (κ2) is 8.01. The van der Waals surface area contributed by atoms with Gasteiger partial charge in [-0.15, -0.1) is 11.3 Å². The molecule has 0 saturated heterocycles. The third kappa shape index (κ3) is 5.48. The molecule has 0 aliphatic heterocycles. The lowest BCUT2D eigenvalue weighted by Gasteiger charge is -2.07. The van der Waals surface area contributed by atoms with Crippen molar-refractivity contribution in [3.05, 3.63) is 10.9 Å². The lowest BCUT2D eigenvalue weighted by molar-refractivity contribution is 0.0968. The van der Waals surface area contributed by atoms with Crippen LogP contribution >= 0.6 is 11.3 Å². The fourth-order valence-electron chi connectivity index (χ4n) is 1.49. The van der Waals surface area contributed by atoms with Crippen LogP contribution < -0.4 is 16.4 Å². The van der Waals surface area contributed by atoms with Gasteiger partial charge in [0.05, 0.1) is 10.7 Å². The molecule has 0 saturated carbocycles. The number of ether oxygens (including phenoxy) is 1. The summed E-state index contributed by atoms with van der Waals surface area (Å²) in [5, 5.41) is 6.74. The van der Waals surface area contributed by atoms with Crippen LogP contribution in [0.2, 0.25) is 0 Å². The molecule has 0 unspecified atom stereocenters. The molecule has 1 aromatic rings. The SMILES string of the molecule is CNC(=O)c1sc(NCCCOCC(C)C)cc1N. The van der Waals surface area contributed by atoms with E-state index < -0.39 is 0 Å². The third-order valence-corrected chi connectivity index (χ3v) is 3.52. The number of nitrogens with two attached hydrogens (primary N) is 1. The van der Waals surface area contributed by atoms with E-state index in [9.17, 15) is 4.79 Å². The zero-order valence-electron chi connectivity index (χ0n) is 11.8. The molecule has 1 heterocycles. The monoisotopic (exact) mass is 285 g/mol. The number of carbonyl (C=O) groups is 1. The molecule has 0 aliphatic rings. The largest absolute Gasteiger partial charge is 0.397 e. The van der Waals surface area contributed by atoms with E-state index in [1.54, 1.807) is 13.1 Å². The van der Waals surface area contributed by atoms with Crippen molar-refractivity contribution in [3.8, 4) is 0 Å². The molecule has 5 nitrogen and oxygen atoms in total. The number of nitrogen functional groups attached to an aromatic ring is 1. The lowest BCUT2D eigenvalue weighted by atomic mass is 10.2. The van der Waals surface area contributed by atoms with E-state index in [1.807, 2.05) is 0 Å². The summed E-state index contributed by atoms with van der Waals surface area (Å²) in [5.74, 6) is 0.427. The average Bonchev–Trinajstić information content (AvgIpc) is 2.73. The Balaban J connectivity index is 2.28. The Bertz CT molecular complexity index is 405. The van der Waals surface area contributed by atoms with Crippen LogP contribution in [0.25, 0.3) is 0 Å². The van der Waals surface area contributed by atoms with Crippen molar-refractivity contribution in [2.45, 2.75) is 20.3 Å². The van der Waals surface area contributed by atoms with Gasteiger partial charge in [0, 0.05) is 26.8 Å². The summed E-state index contributed by atoms with van der Waals surface area (Å²) < 4.78 is 5.49. The molecule has 4 N–H and O–H groups in total. The summed E-state index contributed by atoms with van der Waals surface area (Å²) in [5.41, 5.74) is 6.30. The second-order valence-corrected chi connectivity index (χ2v) is 5.78. The zero-order valence-corrected chi connectivity index (χ0v) is 12.6. The molecule has 6 heteroatoms. The first-order valence-electron chi connectivity index (χ1n) is 6.47. The summed E-state index contributed by atoms with van der Waals surface area (Å²) in [4.78, 5) is 12.1. The van der Waals surface area contributed by atoms with Gasteiger partial charge in [0.25, 0.3) is 5.91 Å². The Kier molecular flexibility index (Phi) is 6.66. The van der Waals surface area contributed by atoms with Gasteiger partial charge < -0.3 is 21.1 Å². The summed E-state index contributed by atoms with van der Waals surface area (Å²) in [6.07, 6.45) is 0.930. The molecule has 108 valence electrons. The van der Waals surface area contributed by atoms with Crippen molar-refractivity contribution in [1.82, 2.24) is 5.32 Å². The Labute approximate surface area is 118 Å². The highest BCUT2D eigenvalue weighted by atomic mass is 32.1. The summed E-state index contributed by atoms with van der Waals surface area (Å²) in [6, 6.07) is 1.80. The topological polar surface area (TPSA) is 76.4 Å². The number of hydrogen-bond donors (Lipinski definition) is 3. The quantitative estimate of drug-likeness (QED) is 0.640. The molecule has 1 aromatic heterocycles. The van der Waals surface area contributed by atoms with Gasteiger partial charge >= 0.3 is 0 Å². The van der Waals surface area contributed by atoms with E-state index >= 15 is 0 Å². The van der Waals surface area contributed by atoms with Crippen LogP contribution in [0.1, 0.15) is 29.9 Å². The van der Waals surface area contributed by atoms with Crippen LogP contribution in [0.5, 0.6) is 0 Å². The fraction of sp³-hybridized carbons (Fsp3) is 0.615. The van der Waals surface area contributed by atoms with Crippen molar-refractivity contribution < 1.29 is 9.53 Å². The third-order valence-electron chi connectivity index (χ3n) is 2.41. The molecule has 1 amide bonds. The maximum Gasteiger partial charge on any atom is 0.263 e. The van der Waals surface area contributed by atoms with Gasteiger partial charge in [-0.2, -0.15) is 0 Å². The van der Waals surface area contributed by atoms with Crippen LogP contribution in [0.4, 0.5) is 10.7 Å². The predicted molar refractivity (Wildman–Crippen MR) is 80.9 cm³/mol. The molecule has 0 bridgehead atoms. The van der Waals surface area contributed by atoms with Crippen molar-refractivity contribution in [1.29, 1.82) is 0 Å². The summed E-state index contributed by atoms with van der Waals surface area (Å²) in [6.45, 7) is 6.62. The van der Waals surface area contributed by atoms with Crippen molar-refractivity contribution >= 4 is 27.9 Å². The van der Waals surface area contributed by atoms with E-state index in [0.29, 0.717) is 16.5 Å². The Morgan fingerprint density at radius 1 is 1.53 bits per heavy atom. The summed E-state index contributed by atoms with van der Waals surface area (Å²) >= 11 is 1.37. The van der Waals surface area contributed by atoms with Crippen LogP contribution in [0.15, 0.2) is 6.07 Å². The fourth-order valence-corrected chi connectivity index (χ4v) is 2.44. The number of carbonyl (C=O) groups excluding carboxylic acids is 1. The van der Waals surface area contributed by atoms with E-state index in [1.165, 1.54) is 11.3 Å². The molecule has 0 aromatic carbocycles. The number of amides is 1. The van der Waals surface area contributed by atoms with Gasteiger partial charge in [-0.3, -0.25) is 4.79 Å². The van der Waals surface area contributed by atoms with Gasteiger partial charge in [0.1, 0.15) is 4.88 Å². The average molecular weight is 285 g/mol. The number of hydrogen-bond acceptors (Lipinski definition) is 5. The molecule has 0 fully saturated rings. The molecule has 0 spiro atoms. The van der Waals surface area contributed by atoms with Crippen molar-refractivity contribution in [2.75, 3.05) is 37.9 Å². The van der Waals surface area contributed by atoms with Gasteiger partial charge in [-0.1, -0.05) is 13.8 Å². The maximum absolute atomic E-state index is 11.5. The molecule has 0 radical (unpaired) electrons. The van der Waals surface area contributed by atoms with Gasteiger partial charge in [0.15, 0.2) is 0 Å². The second-order valence-electron chi connectivity index (χ2n) is 4.72. The van der Waals surface area contributed by atoms with Crippen LogP contribution in [0.3, 0.4) is 0 Å². The first-order chi connectivity index (χ1) is 9.04. The van der Waals surface area contributed by atoms with Crippen molar-refractivity contribution in [2.24, 2.45) is 5.92 Å². The molecule has 19 heavy (non-hydrogen) atoms. The van der Waals surface area contributed by atoms with Crippen molar-refractivity contribution in [3.63, 3.8) is 0 Å². The Morgan fingerprint density at radius 3 is 2.89 bits per heavy atom. The number of nitrogens with one attached hydrogen (secondary N) is 2. The van der Waals surface area contributed by atoms with E-state index in [2.05, 4.69) is 24.5 Å². The highest BCUT2D eigenvalue weighted by molar-refractivity contribution is 7.18. The normalized spacial score (nSPS) is 10.7. The minimum absolute atomic E-state index is 0.143. The Hall–Kier alpha value is -1.27. The number of rotatable bonds is 8. The Morgan fingerprint density at radius 2 is 2.26 bits per heavy atom. The van der Waals surface area contributed by atoms with Gasteiger partial charge in [-0.25, -0.2) is 0 Å². The number of thiophene rings is 1. The highest BCUT2D eigenvalue weighted by Crippen LogP contribution is 2.28. The lowest BCUT2D eigenvalue weighted by Crippen LogP contribution is -2.17. The van der Waals surface area contributed by atoms with Crippen LogP contribution in [0, 0.1) is 5.92 Å². The molecular weight excluding hydrogens is 262 g/mol. The highest BCUT2D eigenvalue weighted by Gasteiger charge is 2.12. The number of anilines is 2. The van der Waals surface area contributed by atoms with E-state index in [-0.39, 0.29) is 5.91 Å². The van der Waals surface area contributed by atoms with Gasteiger partial charge in [-0.05, 0) is 18.4 Å². The zero-order chi connectivity index (χ0) is 14.3. The molecular formula is C13H23N3O2S. The molecule has 0 aliphatic carbocycles. The predicted octanol–water partition coefficient (Wildman–Crippen LogP) is 2.16. The maximum atomic E-state index is 11.5. The van der Waals surface area contributed by atoms with Gasteiger partial charge in [0.2, 0.25) is 0 Å². The first kappa shape index (κ1) is 15.8. The van der Waals surface area contributed by atoms with Crippen LogP contribution in [-0.2, 0) is 4.74 Å². The molecule has 1 rings (SSSR count). The minimum Gasteiger partial charge on any atom is -0.397 e. The molecule has 0 atom stereocenters. The van der Waals surface area contributed by atoms with Crippen LogP contribution in [-0.4, -0.2) is 32.7 Å². The first-order valence-corrected chi connectivity index (χ1v) is 7.29. The van der Waals surface area contributed by atoms with E-state index in [0.717, 1.165) is 31.2 Å². The smallest absolute Gasteiger partial charge is 0.263 e. The standard InChI is InChI=1S/C13H23N3O2S/c1-9(2)8-18-6-4-5-16-11-7-10(14)12(19-11)13(17)15-3/h7,9,16H,4-6,8,14H2,1-3H3,(H,15,17). The van der Waals surface area contributed by atoms with E-state index in [4.69, 9.17) is 10.5 Å². The minimum atomic E-state index is -0.143. The summed E-state index contributed by atoms with van der Waals surface area (Å²) in [7, 11) is 1.60.